The molecule has 4 nitrogen and oxygen atoms in total. The van der Waals surface area contributed by atoms with Crippen molar-refractivity contribution in [3.63, 3.8) is 0 Å². The van der Waals surface area contributed by atoms with Gasteiger partial charge < -0.3 is 10.2 Å². The first-order valence-electron chi connectivity index (χ1n) is 7.27. The number of nitrogens with one attached hydrogen (secondary N) is 1. The van der Waals surface area contributed by atoms with Gasteiger partial charge in [-0.15, -0.1) is 0 Å². The first-order chi connectivity index (χ1) is 11.1. The maximum atomic E-state index is 12.9. The number of guanidine groups is 1. The molecule has 0 amide bonds. The third-order valence-corrected chi connectivity index (χ3v) is 3.41. The lowest BCUT2D eigenvalue weighted by molar-refractivity contribution is 0.476. The second-order valence-electron chi connectivity index (χ2n) is 5.20. The van der Waals surface area contributed by atoms with Gasteiger partial charge in [-0.05, 0) is 35.4 Å². The Labute approximate surface area is 135 Å². The van der Waals surface area contributed by atoms with Gasteiger partial charge in [-0.3, -0.25) is 4.99 Å². The maximum Gasteiger partial charge on any atom is 0.193 e. The number of nitrogens with zero attached hydrogens (tertiary/aromatic N) is 3. The predicted octanol–water partition coefficient (Wildman–Crippen LogP) is 2.90. The van der Waals surface area contributed by atoms with Gasteiger partial charge in [-0.1, -0.05) is 24.3 Å². The summed E-state index contributed by atoms with van der Waals surface area (Å²) in [6, 6.07) is 16.0. The molecule has 1 N–H and O–H groups in total. The Morgan fingerprint density at radius 2 is 1.96 bits per heavy atom. The monoisotopic (exact) mass is 310 g/mol. The summed E-state index contributed by atoms with van der Waals surface area (Å²) in [4.78, 5) is 6.21. The SMILES string of the molecule is CN=C(NCc1cccc(C#N)c1)N(C)Cc1ccc(F)cc1. The number of hydrogen-bond donors (Lipinski definition) is 1. The molecular formula is C18H19FN4. The Bertz CT molecular complexity index is 717. The molecule has 2 aromatic carbocycles. The second-order valence-corrected chi connectivity index (χ2v) is 5.20. The van der Waals surface area contributed by atoms with Crippen LogP contribution in [0.5, 0.6) is 0 Å². The Hall–Kier alpha value is -2.87. The zero-order valence-corrected chi connectivity index (χ0v) is 13.3. The summed E-state index contributed by atoms with van der Waals surface area (Å²) in [6.45, 7) is 1.20. The zero-order valence-electron chi connectivity index (χ0n) is 13.3. The highest BCUT2D eigenvalue weighted by Gasteiger charge is 2.07. The minimum atomic E-state index is -0.240. The van der Waals surface area contributed by atoms with Crippen LogP contribution in [0.3, 0.4) is 0 Å². The lowest BCUT2D eigenvalue weighted by atomic mass is 10.1. The summed E-state index contributed by atoms with van der Waals surface area (Å²) in [5, 5.41) is 12.2. The van der Waals surface area contributed by atoms with Crippen molar-refractivity contribution in [2.45, 2.75) is 13.1 Å². The minimum absolute atomic E-state index is 0.240. The van der Waals surface area contributed by atoms with Crippen molar-refractivity contribution in [3.05, 3.63) is 71.0 Å². The van der Waals surface area contributed by atoms with E-state index in [-0.39, 0.29) is 5.82 Å². The Morgan fingerprint density at radius 1 is 1.22 bits per heavy atom. The normalized spacial score (nSPS) is 11.0. The molecule has 0 aliphatic carbocycles. The van der Waals surface area contributed by atoms with Gasteiger partial charge in [0.05, 0.1) is 11.6 Å². The molecule has 0 aromatic heterocycles. The summed E-state index contributed by atoms with van der Waals surface area (Å²) in [5.41, 5.74) is 2.66. The molecule has 2 aromatic rings. The van der Waals surface area contributed by atoms with Gasteiger partial charge in [0.2, 0.25) is 0 Å². The minimum Gasteiger partial charge on any atom is -0.352 e. The first-order valence-corrected chi connectivity index (χ1v) is 7.27. The van der Waals surface area contributed by atoms with E-state index >= 15 is 0 Å². The summed E-state index contributed by atoms with van der Waals surface area (Å²) in [6.07, 6.45) is 0. The summed E-state index contributed by atoms with van der Waals surface area (Å²) >= 11 is 0. The number of nitriles is 1. The first kappa shape index (κ1) is 16.5. The zero-order chi connectivity index (χ0) is 16.7. The van der Waals surface area contributed by atoms with Crippen LogP contribution in [0.4, 0.5) is 4.39 Å². The van der Waals surface area contributed by atoms with Crippen LogP contribution in [0, 0.1) is 17.1 Å². The van der Waals surface area contributed by atoms with E-state index in [2.05, 4.69) is 16.4 Å². The van der Waals surface area contributed by atoms with Crippen molar-refractivity contribution in [1.82, 2.24) is 10.2 Å². The quantitative estimate of drug-likeness (QED) is 0.698. The van der Waals surface area contributed by atoms with Crippen LogP contribution in [0.25, 0.3) is 0 Å². The largest absolute Gasteiger partial charge is 0.352 e. The number of hydrogen-bond acceptors (Lipinski definition) is 2. The highest BCUT2D eigenvalue weighted by molar-refractivity contribution is 5.79. The lowest BCUT2D eigenvalue weighted by Crippen LogP contribution is -2.38. The van der Waals surface area contributed by atoms with Gasteiger partial charge in [-0.2, -0.15) is 5.26 Å². The molecule has 0 unspecified atom stereocenters. The molecule has 23 heavy (non-hydrogen) atoms. The van der Waals surface area contributed by atoms with Crippen LogP contribution in [-0.2, 0) is 13.1 Å². The van der Waals surface area contributed by atoms with E-state index < -0.39 is 0 Å². The third kappa shape index (κ3) is 4.82. The van der Waals surface area contributed by atoms with Crippen molar-refractivity contribution >= 4 is 5.96 Å². The van der Waals surface area contributed by atoms with Crippen LogP contribution < -0.4 is 5.32 Å². The van der Waals surface area contributed by atoms with E-state index in [0.29, 0.717) is 18.7 Å². The maximum absolute atomic E-state index is 12.9. The molecule has 0 bridgehead atoms. The van der Waals surface area contributed by atoms with Crippen LogP contribution in [0.15, 0.2) is 53.5 Å². The van der Waals surface area contributed by atoms with E-state index in [1.54, 1.807) is 25.2 Å². The molecule has 0 radical (unpaired) electrons. The van der Waals surface area contributed by atoms with Gasteiger partial charge in [0, 0.05) is 27.2 Å². The van der Waals surface area contributed by atoms with E-state index in [1.807, 2.05) is 30.1 Å². The van der Waals surface area contributed by atoms with Crippen molar-refractivity contribution in [3.8, 4) is 6.07 Å². The molecule has 0 saturated heterocycles. The standard InChI is InChI=1S/C18H19FN4/c1-21-18(22-12-16-5-3-4-15(10-16)11-20)23(2)13-14-6-8-17(19)9-7-14/h3-10H,12-13H2,1-2H3,(H,21,22). The fraction of sp³-hybridized carbons (Fsp3) is 0.222. The molecule has 2 rings (SSSR count). The summed E-state index contributed by atoms with van der Waals surface area (Å²) in [5.74, 6) is 0.493. The Balaban J connectivity index is 1.96. The average Bonchev–Trinajstić information content (AvgIpc) is 2.57. The van der Waals surface area contributed by atoms with E-state index in [9.17, 15) is 4.39 Å². The van der Waals surface area contributed by atoms with Crippen LogP contribution >= 0.6 is 0 Å². The topological polar surface area (TPSA) is 51.4 Å². The molecule has 5 heteroatoms. The van der Waals surface area contributed by atoms with Gasteiger partial charge in [0.15, 0.2) is 5.96 Å². The van der Waals surface area contributed by atoms with Crippen LogP contribution in [0.1, 0.15) is 16.7 Å². The van der Waals surface area contributed by atoms with E-state index in [4.69, 9.17) is 5.26 Å². The predicted molar refractivity (Wildman–Crippen MR) is 89.2 cm³/mol. The fourth-order valence-electron chi connectivity index (χ4n) is 2.26. The average molecular weight is 310 g/mol. The Morgan fingerprint density at radius 3 is 2.61 bits per heavy atom. The van der Waals surface area contributed by atoms with Gasteiger partial charge in [0.25, 0.3) is 0 Å². The summed E-state index contributed by atoms with van der Waals surface area (Å²) in [7, 11) is 3.64. The third-order valence-electron chi connectivity index (χ3n) is 3.41. The number of aliphatic imine (C=N–C) groups is 1. The molecule has 0 saturated carbocycles. The van der Waals surface area contributed by atoms with Crippen molar-refractivity contribution in [1.29, 1.82) is 5.26 Å². The van der Waals surface area contributed by atoms with Crippen LogP contribution in [0.2, 0.25) is 0 Å². The highest BCUT2D eigenvalue weighted by atomic mass is 19.1. The van der Waals surface area contributed by atoms with E-state index in [1.165, 1.54) is 12.1 Å². The van der Waals surface area contributed by atoms with Gasteiger partial charge in [-0.25, -0.2) is 4.39 Å². The molecule has 0 atom stereocenters. The van der Waals surface area contributed by atoms with Crippen molar-refractivity contribution in [2.75, 3.05) is 14.1 Å². The molecule has 0 heterocycles. The number of benzene rings is 2. The van der Waals surface area contributed by atoms with Crippen LogP contribution in [-0.4, -0.2) is 25.0 Å². The van der Waals surface area contributed by atoms with Crippen molar-refractivity contribution in [2.24, 2.45) is 4.99 Å². The molecule has 0 aliphatic heterocycles. The fourth-order valence-corrected chi connectivity index (χ4v) is 2.26. The van der Waals surface area contributed by atoms with Gasteiger partial charge in [0.1, 0.15) is 5.82 Å². The van der Waals surface area contributed by atoms with E-state index in [0.717, 1.165) is 17.1 Å². The molecule has 118 valence electrons. The molecule has 0 aliphatic rings. The smallest absolute Gasteiger partial charge is 0.193 e. The summed E-state index contributed by atoms with van der Waals surface area (Å²) < 4.78 is 12.9. The second kappa shape index (κ2) is 7.95. The molecule has 0 fully saturated rings. The van der Waals surface area contributed by atoms with Gasteiger partial charge >= 0.3 is 0 Å². The van der Waals surface area contributed by atoms with Crippen molar-refractivity contribution < 1.29 is 4.39 Å². The number of rotatable bonds is 4. The highest BCUT2D eigenvalue weighted by Crippen LogP contribution is 2.07. The molecular weight excluding hydrogens is 291 g/mol. The lowest BCUT2D eigenvalue weighted by Gasteiger charge is -2.22. The molecule has 0 spiro atoms. The number of halogens is 1. The Kier molecular flexibility index (Phi) is 5.70.